The lowest BCUT2D eigenvalue weighted by atomic mass is 10.0. The first-order valence-corrected chi connectivity index (χ1v) is 11.4. The zero-order valence-corrected chi connectivity index (χ0v) is 18.0. The van der Waals surface area contributed by atoms with Gasteiger partial charge in [-0.15, -0.1) is 4.91 Å². The van der Waals surface area contributed by atoms with Gasteiger partial charge in [-0.05, 0) is 59.8 Å². The molecule has 3 rings (SSSR count). The van der Waals surface area contributed by atoms with Gasteiger partial charge >= 0.3 is 0 Å². The highest BCUT2D eigenvalue weighted by atomic mass is 32.2. The first-order chi connectivity index (χ1) is 14.9. The molecule has 0 unspecified atom stereocenters. The SMILES string of the molecule is COCc1ccc(C(=O)NS(=O)(=O)c2ccc(NCC3CCOCC3)c(N=O)c2)cc1. The molecule has 2 N–H and O–H groups in total. The Morgan fingerprint density at radius 3 is 2.52 bits per heavy atom. The fourth-order valence-corrected chi connectivity index (χ4v) is 4.26. The lowest BCUT2D eigenvalue weighted by Gasteiger charge is -2.23. The second kappa shape index (κ2) is 10.5. The maximum atomic E-state index is 12.6. The Kier molecular flexibility index (Phi) is 7.72. The standard InChI is InChI=1S/C21H25N3O6S/c1-29-14-16-2-4-17(5-3-16)21(25)24-31(27,28)18-6-7-19(20(12-18)23-26)22-13-15-8-10-30-11-9-15/h2-7,12,15,22H,8-11,13-14H2,1H3,(H,24,25). The van der Waals surface area contributed by atoms with E-state index in [0.29, 0.717) is 38.0 Å². The van der Waals surface area contributed by atoms with Crippen LogP contribution < -0.4 is 10.0 Å². The van der Waals surface area contributed by atoms with Gasteiger partial charge in [0.1, 0.15) is 5.69 Å². The minimum absolute atomic E-state index is 0.0358. The van der Waals surface area contributed by atoms with E-state index >= 15 is 0 Å². The number of methoxy groups -OCH3 is 1. The van der Waals surface area contributed by atoms with Gasteiger partial charge in [0.25, 0.3) is 15.9 Å². The average Bonchev–Trinajstić information content (AvgIpc) is 2.78. The van der Waals surface area contributed by atoms with Crippen molar-refractivity contribution < 1.29 is 22.7 Å². The van der Waals surface area contributed by atoms with Gasteiger partial charge < -0.3 is 14.8 Å². The molecule has 0 aromatic heterocycles. The number of carbonyl (C=O) groups is 1. The molecule has 2 aromatic carbocycles. The van der Waals surface area contributed by atoms with E-state index in [1.807, 2.05) is 4.72 Å². The van der Waals surface area contributed by atoms with E-state index in [4.69, 9.17) is 9.47 Å². The summed E-state index contributed by atoms with van der Waals surface area (Å²) in [4.78, 5) is 23.4. The summed E-state index contributed by atoms with van der Waals surface area (Å²) in [7, 11) is -2.62. The molecule has 166 valence electrons. The van der Waals surface area contributed by atoms with E-state index in [2.05, 4.69) is 10.5 Å². The van der Waals surface area contributed by atoms with Gasteiger partial charge in [-0.1, -0.05) is 12.1 Å². The minimum Gasteiger partial charge on any atom is -0.383 e. The van der Waals surface area contributed by atoms with Crippen LogP contribution in [0.15, 0.2) is 52.5 Å². The van der Waals surface area contributed by atoms with Gasteiger partial charge in [0.2, 0.25) is 0 Å². The van der Waals surface area contributed by atoms with Gasteiger partial charge in [0, 0.05) is 32.4 Å². The number of carbonyl (C=O) groups excluding carboxylic acids is 1. The number of amides is 1. The molecule has 1 amide bonds. The Bertz CT molecular complexity index is 1020. The summed E-state index contributed by atoms with van der Waals surface area (Å²) < 4.78 is 37.6. The van der Waals surface area contributed by atoms with Crippen molar-refractivity contribution in [1.29, 1.82) is 0 Å². The third kappa shape index (κ3) is 6.09. The largest absolute Gasteiger partial charge is 0.383 e. The summed E-state index contributed by atoms with van der Waals surface area (Å²) in [6.07, 6.45) is 1.84. The first kappa shape index (κ1) is 22.9. The average molecular weight is 448 g/mol. The number of nitrogens with one attached hydrogen (secondary N) is 2. The molecule has 1 fully saturated rings. The Hall–Kier alpha value is -2.82. The molecule has 9 nitrogen and oxygen atoms in total. The van der Waals surface area contributed by atoms with E-state index in [1.54, 1.807) is 19.2 Å². The molecule has 0 bridgehead atoms. The molecule has 1 aliphatic heterocycles. The third-order valence-electron chi connectivity index (χ3n) is 5.05. The van der Waals surface area contributed by atoms with Crippen LogP contribution in [-0.4, -0.2) is 41.2 Å². The number of anilines is 1. The van der Waals surface area contributed by atoms with E-state index in [1.165, 1.54) is 24.3 Å². The van der Waals surface area contributed by atoms with Crippen molar-refractivity contribution in [3.63, 3.8) is 0 Å². The molecule has 0 aliphatic carbocycles. The molecule has 0 spiro atoms. The van der Waals surface area contributed by atoms with Crippen molar-refractivity contribution in [2.45, 2.75) is 24.3 Å². The molecule has 0 atom stereocenters. The van der Waals surface area contributed by atoms with Crippen molar-refractivity contribution >= 4 is 27.3 Å². The van der Waals surface area contributed by atoms with Gasteiger partial charge in [-0.25, -0.2) is 13.1 Å². The van der Waals surface area contributed by atoms with Crippen LogP contribution >= 0.6 is 0 Å². The van der Waals surface area contributed by atoms with E-state index in [-0.39, 0.29) is 16.1 Å². The van der Waals surface area contributed by atoms with Gasteiger partial charge in [-0.3, -0.25) is 4.79 Å². The number of benzene rings is 2. The van der Waals surface area contributed by atoms with E-state index in [9.17, 15) is 18.1 Å². The third-order valence-corrected chi connectivity index (χ3v) is 6.38. The van der Waals surface area contributed by atoms with Crippen molar-refractivity contribution in [3.8, 4) is 0 Å². The fourth-order valence-electron chi connectivity index (χ4n) is 3.27. The van der Waals surface area contributed by atoms with Crippen LogP contribution in [-0.2, 0) is 26.1 Å². The van der Waals surface area contributed by atoms with E-state index in [0.717, 1.165) is 24.5 Å². The lowest BCUT2D eigenvalue weighted by Crippen LogP contribution is -2.30. The topological polar surface area (TPSA) is 123 Å². The summed E-state index contributed by atoms with van der Waals surface area (Å²) in [5.74, 6) is -0.363. The van der Waals surface area contributed by atoms with Crippen molar-refractivity contribution in [3.05, 3.63) is 58.5 Å². The summed E-state index contributed by atoms with van der Waals surface area (Å²) in [6, 6.07) is 10.3. The highest BCUT2D eigenvalue weighted by molar-refractivity contribution is 7.90. The van der Waals surface area contributed by atoms with Crippen LogP contribution in [0.25, 0.3) is 0 Å². The molecule has 10 heteroatoms. The molecule has 2 aromatic rings. The van der Waals surface area contributed by atoms with Gasteiger partial charge in [0.05, 0.1) is 17.2 Å². The normalized spacial score (nSPS) is 14.7. The second-order valence-corrected chi connectivity index (χ2v) is 8.95. The number of rotatable bonds is 9. The van der Waals surface area contributed by atoms with Crippen molar-refractivity contribution in [2.75, 3.05) is 32.2 Å². The predicted octanol–water partition coefficient (Wildman–Crippen LogP) is 3.19. The Morgan fingerprint density at radius 2 is 1.87 bits per heavy atom. The summed E-state index contributed by atoms with van der Waals surface area (Å²) in [5, 5.41) is 6.10. The van der Waals surface area contributed by atoms with Crippen LogP contribution in [0.2, 0.25) is 0 Å². The van der Waals surface area contributed by atoms with E-state index < -0.39 is 15.9 Å². The summed E-state index contributed by atoms with van der Waals surface area (Å²) >= 11 is 0. The van der Waals surface area contributed by atoms with Crippen molar-refractivity contribution in [1.82, 2.24) is 4.72 Å². The molecule has 1 aliphatic rings. The maximum absolute atomic E-state index is 12.6. The monoisotopic (exact) mass is 447 g/mol. The number of nitrogens with zero attached hydrogens (tertiary/aromatic N) is 1. The van der Waals surface area contributed by atoms with Crippen LogP contribution in [0.4, 0.5) is 11.4 Å². The summed E-state index contributed by atoms with van der Waals surface area (Å²) in [5.41, 5.74) is 1.45. The molecular formula is C21H25N3O6S. The molecular weight excluding hydrogens is 422 g/mol. The smallest absolute Gasteiger partial charge is 0.264 e. The molecule has 0 saturated carbocycles. The molecule has 31 heavy (non-hydrogen) atoms. The van der Waals surface area contributed by atoms with Crippen molar-refractivity contribution in [2.24, 2.45) is 11.1 Å². The first-order valence-electron chi connectivity index (χ1n) is 9.87. The quantitative estimate of drug-likeness (QED) is 0.566. The predicted molar refractivity (Wildman–Crippen MR) is 116 cm³/mol. The van der Waals surface area contributed by atoms with Crippen LogP contribution in [0.3, 0.4) is 0 Å². The number of ether oxygens (including phenoxy) is 2. The zero-order valence-electron chi connectivity index (χ0n) is 17.2. The number of hydrogen-bond acceptors (Lipinski definition) is 8. The molecule has 1 heterocycles. The number of nitroso groups, excluding NO2 is 1. The minimum atomic E-state index is -4.18. The lowest BCUT2D eigenvalue weighted by molar-refractivity contribution is 0.0699. The fraction of sp³-hybridized carbons (Fsp3) is 0.381. The number of hydrogen-bond donors (Lipinski definition) is 2. The number of sulfonamides is 1. The molecule has 0 radical (unpaired) electrons. The summed E-state index contributed by atoms with van der Waals surface area (Å²) in [6.45, 7) is 2.43. The Morgan fingerprint density at radius 1 is 1.16 bits per heavy atom. The maximum Gasteiger partial charge on any atom is 0.264 e. The van der Waals surface area contributed by atoms with Crippen LogP contribution in [0, 0.1) is 10.8 Å². The Labute approximate surface area is 181 Å². The Balaban J connectivity index is 1.69. The van der Waals surface area contributed by atoms with Gasteiger partial charge in [0.15, 0.2) is 0 Å². The van der Waals surface area contributed by atoms with Crippen LogP contribution in [0.1, 0.15) is 28.8 Å². The second-order valence-electron chi connectivity index (χ2n) is 7.27. The highest BCUT2D eigenvalue weighted by Gasteiger charge is 2.21. The van der Waals surface area contributed by atoms with Gasteiger partial charge in [-0.2, -0.15) is 0 Å². The molecule has 1 saturated heterocycles. The highest BCUT2D eigenvalue weighted by Crippen LogP contribution is 2.29. The zero-order chi connectivity index (χ0) is 22.3. The van der Waals surface area contributed by atoms with Crippen LogP contribution in [0.5, 0.6) is 0 Å².